The molecule has 3 N–H and O–H groups in total. The van der Waals surface area contributed by atoms with E-state index >= 15 is 0 Å². The highest BCUT2D eigenvalue weighted by Gasteiger charge is 2.08. The van der Waals surface area contributed by atoms with Gasteiger partial charge in [-0.1, -0.05) is 24.3 Å². The molecule has 0 heterocycles. The molecule has 3 heteroatoms. The van der Waals surface area contributed by atoms with Crippen LogP contribution in [0.15, 0.2) is 54.6 Å². The normalized spacial score (nSPS) is 10.7. The molecule has 3 aromatic carbocycles. The van der Waals surface area contributed by atoms with E-state index in [-0.39, 0.29) is 17.2 Å². The van der Waals surface area contributed by atoms with Crippen molar-refractivity contribution in [2.24, 2.45) is 0 Å². The Hall–Kier alpha value is -2.68. The summed E-state index contributed by atoms with van der Waals surface area (Å²) in [7, 11) is 0. The third-order valence-electron chi connectivity index (χ3n) is 3.11. The number of rotatable bonds is 1. The summed E-state index contributed by atoms with van der Waals surface area (Å²) in [5.74, 6) is 0.249. The summed E-state index contributed by atoms with van der Waals surface area (Å²) in [6.45, 7) is 0. The number of hydrogen-bond donors (Lipinski definition) is 3. The Morgan fingerprint density at radius 1 is 0.632 bits per heavy atom. The van der Waals surface area contributed by atoms with E-state index in [0.717, 1.165) is 16.5 Å². The number of fused-ring (bicyclic) bond motifs is 1. The van der Waals surface area contributed by atoms with Crippen LogP contribution in [0, 0.1) is 0 Å². The fraction of sp³-hybridized carbons (Fsp3) is 0. The maximum absolute atomic E-state index is 10.0. The van der Waals surface area contributed by atoms with Gasteiger partial charge in [-0.3, -0.25) is 0 Å². The molecule has 0 saturated carbocycles. The molecule has 0 spiro atoms. The molecular formula is C16H12O3. The molecule has 0 atom stereocenters. The van der Waals surface area contributed by atoms with Crippen molar-refractivity contribution < 1.29 is 15.3 Å². The predicted molar refractivity (Wildman–Crippen MR) is 74.4 cm³/mol. The second kappa shape index (κ2) is 4.21. The van der Waals surface area contributed by atoms with Gasteiger partial charge in [0.1, 0.15) is 17.2 Å². The Labute approximate surface area is 110 Å². The lowest BCUT2D eigenvalue weighted by molar-refractivity contribution is 0.464. The lowest BCUT2D eigenvalue weighted by Crippen LogP contribution is -1.81. The van der Waals surface area contributed by atoms with E-state index in [1.165, 1.54) is 6.07 Å². The van der Waals surface area contributed by atoms with Gasteiger partial charge >= 0.3 is 0 Å². The van der Waals surface area contributed by atoms with Crippen LogP contribution < -0.4 is 0 Å². The standard InChI is InChI=1S/C16H12O3/c17-13-5-1-3-10(8-13)12-7-11-4-2-6-14(18)16(11)15(19)9-12/h1-9,17-19H. The third-order valence-corrected chi connectivity index (χ3v) is 3.11. The zero-order valence-corrected chi connectivity index (χ0v) is 10.0. The molecule has 0 bridgehead atoms. The number of benzene rings is 3. The van der Waals surface area contributed by atoms with Crippen molar-refractivity contribution in [2.75, 3.05) is 0 Å². The van der Waals surface area contributed by atoms with Gasteiger partial charge in [0.2, 0.25) is 0 Å². The van der Waals surface area contributed by atoms with Gasteiger partial charge < -0.3 is 15.3 Å². The van der Waals surface area contributed by atoms with Crippen LogP contribution in [0.5, 0.6) is 17.2 Å². The molecule has 0 saturated heterocycles. The Kier molecular flexibility index (Phi) is 2.53. The molecule has 19 heavy (non-hydrogen) atoms. The van der Waals surface area contributed by atoms with Crippen LogP contribution in [-0.4, -0.2) is 15.3 Å². The molecule has 0 aliphatic heterocycles. The predicted octanol–water partition coefficient (Wildman–Crippen LogP) is 3.62. The van der Waals surface area contributed by atoms with Gasteiger partial charge in [0.05, 0.1) is 5.39 Å². The molecular weight excluding hydrogens is 240 g/mol. The Balaban J connectivity index is 2.27. The van der Waals surface area contributed by atoms with Gasteiger partial charge in [0.25, 0.3) is 0 Å². The fourth-order valence-corrected chi connectivity index (χ4v) is 2.24. The van der Waals surface area contributed by atoms with Gasteiger partial charge in [0, 0.05) is 0 Å². The minimum atomic E-state index is 0.0222. The van der Waals surface area contributed by atoms with E-state index in [0.29, 0.717) is 5.39 Å². The van der Waals surface area contributed by atoms with Crippen LogP contribution in [0.2, 0.25) is 0 Å². The van der Waals surface area contributed by atoms with Gasteiger partial charge in [-0.15, -0.1) is 0 Å². The first-order valence-electron chi connectivity index (χ1n) is 5.89. The molecule has 0 radical (unpaired) electrons. The van der Waals surface area contributed by atoms with E-state index in [1.807, 2.05) is 18.2 Å². The first-order chi connectivity index (χ1) is 9.15. The van der Waals surface area contributed by atoms with Gasteiger partial charge in [-0.2, -0.15) is 0 Å². The number of phenolic OH excluding ortho intramolecular Hbond substituents is 3. The first-order valence-corrected chi connectivity index (χ1v) is 5.89. The van der Waals surface area contributed by atoms with Gasteiger partial charge in [-0.25, -0.2) is 0 Å². The molecule has 0 aliphatic carbocycles. The van der Waals surface area contributed by atoms with Gasteiger partial charge in [0.15, 0.2) is 0 Å². The van der Waals surface area contributed by atoms with Crippen LogP contribution in [0.3, 0.4) is 0 Å². The third kappa shape index (κ3) is 1.95. The summed E-state index contributed by atoms with van der Waals surface area (Å²) >= 11 is 0. The SMILES string of the molecule is Oc1cccc(-c2cc(O)c3c(O)cccc3c2)c1. The molecule has 3 rings (SSSR count). The van der Waals surface area contributed by atoms with Crippen molar-refractivity contribution >= 4 is 10.8 Å². The maximum atomic E-state index is 10.0. The van der Waals surface area contributed by atoms with Crippen LogP contribution in [0.1, 0.15) is 0 Å². The molecule has 0 aliphatic rings. The largest absolute Gasteiger partial charge is 0.508 e. The number of aromatic hydroxyl groups is 3. The second-order valence-electron chi connectivity index (χ2n) is 4.42. The topological polar surface area (TPSA) is 60.7 Å². The molecule has 0 unspecified atom stereocenters. The highest BCUT2D eigenvalue weighted by atomic mass is 16.3. The molecule has 0 amide bonds. The number of phenols is 3. The van der Waals surface area contributed by atoms with E-state index in [1.54, 1.807) is 30.3 Å². The first kappa shape index (κ1) is 11.4. The average Bonchev–Trinajstić information content (AvgIpc) is 2.38. The van der Waals surface area contributed by atoms with E-state index in [2.05, 4.69) is 0 Å². The summed E-state index contributed by atoms with van der Waals surface area (Å²) in [6, 6.07) is 15.3. The quantitative estimate of drug-likeness (QED) is 0.619. The summed E-state index contributed by atoms with van der Waals surface area (Å²) < 4.78 is 0. The summed E-state index contributed by atoms with van der Waals surface area (Å²) in [4.78, 5) is 0. The van der Waals surface area contributed by atoms with E-state index in [9.17, 15) is 15.3 Å². The van der Waals surface area contributed by atoms with Gasteiger partial charge in [-0.05, 0) is 46.8 Å². The summed E-state index contributed by atoms with van der Waals surface area (Å²) in [5, 5.41) is 30.5. The van der Waals surface area contributed by atoms with Crippen LogP contribution in [0.25, 0.3) is 21.9 Å². The maximum Gasteiger partial charge on any atom is 0.127 e. The average molecular weight is 252 g/mol. The van der Waals surface area contributed by atoms with Crippen molar-refractivity contribution in [3.05, 3.63) is 54.6 Å². The number of hydrogen-bond acceptors (Lipinski definition) is 3. The summed E-state index contributed by atoms with van der Waals surface area (Å²) in [6.07, 6.45) is 0. The van der Waals surface area contributed by atoms with Crippen molar-refractivity contribution in [2.45, 2.75) is 0 Å². The molecule has 0 fully saturated rings. The molecule has 3 nitrogen and oxygen atoms in total. The monoisotopic (exact) mass is 252 g/mol. The van der Waals surface area contributed by atoms with Crippen LogP contribution in [0.4, 0.5) is 0 Å². The molecule has 0 aromatic heterocycles. The molecule has 3 aromatic rings. The van der Waals surface area contributed by atoms with Crippen LogP contribution >= 0.6 is 0 Å². The lowest BCUT2D eigenvalue weighted by Gasteiger charge is -2.08. The smallest absolute Gasteiger partial charge is 0.127 e. The summed E-state index contributed by atoms with van der Waals surface area (Å²) in [5.41, 5.74) is 1.59. The second-order valence-corrected chi connectivity index (χ2v) is 4.42. The van der Waals surface area contributed by atoms with E-state index < -0.39 is 0 Å². The van der Waals surface area contributed by atoms with E-state index in [4.69, 9.17) is 0 Å². The van der Waals surface area contributed by atoms with Crippen molar-refractivity contribution in [1.29, 1.82) is 0 Å². The Morgan fingerprint density at radius 3 is 2.21 bits per heavy atom. The minimum absolute atomic E-state index is 0.0222. The lowest BCUT2D eigenvalue weighted by atomic mass is 10.00. The van der Waals surface area contributed by atoms with Crippen molar-refractivity contribution in [1.82, 2.24) is 0 Å². The Morgan fingerprint density at radius 2 is 1.42 bits per heavy atom. The molecule has 94 valence electrons. The highest BCUT2D eigenvalue weighted by molar-refractivity contribution is 5.96. The highest BCUT2D eigenvalue weighted by Crippen LogP contribution is 2.37. The fourth-order valence-electron chi connectivity index (χ4n) is 2.24. The Bertz CT molecular complexity index is 763. The van der Waals surface area contributed by atoms with Crippen LogP contribution in [-0.2, 0) is 0 Å². The zero-order chi connectivity index (χ0) is 13.4. The minimum Gasteiger partial charge on any atom is -0.508 e. The zero-order valence-electron chi connectivity index (χ0n) is 10.0. The van der Waals surface area contributed by atoms with Crippen molar-refractivity contribution in [3.8, 4) is 28.4 Å². The van der Waals surface area contributed by atoms with Crippen molar-refractivity contribution in [3.63, 3.8) is 0 Å².